The zero-order chi connectivity index (χ0) is 9.45. The number of nitrogens with one attached hydrogen (secondary N) is 1. The normalized spacial score (nSPS) is 14.8. The average Bonchev–Trinajstić information content (AvgIpc) is 2.14. The van der Waals surface area contributed by atoms with Crippen molar-refractivity contribution in [2.45, 2.75) is 24.8 Å². The van der Waals surface area contributed by atoms with E-state index >= 15 is 0 Å². The topological polar surface area (TPSA) is 29.1 Å². The van der Waals surface area contributed by atoms with Crippen molar-refractivity contribution in [2.75, 3.05) is 7.05 Å². The predicted molar refractivity (Wildman–Crippen MR) is 52.1 cm³/mol. The molecule has 1 N–H and O–H groups in total. The van der Waals surface area contributed by atoms with E-state index in [4.69, 9.17) is 0 Å². The van der Waals surface area contributed by atoms with E-state index in [1.54, 1.807) is 13.1 Å². The first-order valence-corrected chi connectivity index (χ1v) is 4.14. The van der Waals surface area contributed by atoms with E-state index < -0.39 is 5.54 Å². The number of unbranched alkanes of at least 4 members (excludes halogenated alkanes) is 1. The molecule has 0 aromatic rings. The number of hydrogen-bond donors (Lipinski definition) is 1. The summed E-state index contributed by atoms with van der Waals surface area (Å²) >= 11 is 0. The van der Waals surface area contributed by atoms with Gasteiger partial charge in [-0.25, -0.2) is 0 Å². The first-order valence-electron chi connectivity index (χ1n) is 4.14. The minimum absolute atomic E-state index is 0.539. The van der Waals surface area contributed by atoms with Crippen molar-refractivity contribution in [1.29, 1.82) is 0 Å². The smallest absolute Gasteiger partial charge is 0.143 e. The molecule has 12 heavy (non-hydrogen) atoms. The lowest BCUT2D eigenvalue weighted by Crippen LogP contribution is -2.42. The van der Waals surface area contributed by atoms with Gasteiger partial charge in [-0.1, -0.05) is 12.2 Å². The molecule has 0 unspecified atom stereocenters. The minimum atomic E-state index is -0.539. The van der Waals surface area contributed by atoms with Crippen molar-refractivity contribution >= 4 is 6.29 Å². The molecule has 68 valence electrons. The Labute approximate surface area is 74.4 Å². The van der Waals surface area contributed by atoms with Gasteiger partial charge in [0.2, 0.25) is 0 Å². The number of allylic oxidation sites excluding steroid dienone is 1. The molecule has 0 aromatic heterocycles. The highest BCUT2D eigenvalue weighted by Crippen LogP contribution is 2.12. The molecule has 0 bridgehead atoms. The van der Waals surface area contributed by atoms with Crippen LogP contribution in [0, 0.1) is 0 Å². The fraction of sp³-hybridized carbons (Fsp3) is 0.500. The Kier molecular flexibility index (Phi) is 5.30. The van der Waals surface area contributed by atoms with Gasteiger partial charge in [0.1, 0.15) is 6.29 Å². The van der Waals surface area contributed by atoms with Gasteiger partial charge in [-0.2, -0.15) is 0 Å². The SMILES string of the molecule is C=CCCC[C@@](C=C)(C=O)NC. The predicted octanol–water partition coefficient (Wildman–Crippen LogP) is 1.69. The summed E-state index contributed by atoms with van der Waals surface area (Å²) in [6.45, 7) is 7.26. The summed E-state index contributed by atoms with van der Waals surface area (Å²) in [4.78, 5) is 10.7. The lowest BCUT2D eigenvalue weighted by molar-refractivity contribution is -0.111. The second-order valence-corrected chi connectivity index (χ2v) is 2.79. The molecule has 0 saturated heterocycles. The van der Waals surface area contributed by atoms with Gasteiger partial charge in [-0.3, -0.25) is 0 Å². The number of hydrogen-bond acceptors (Lipinski definition) is 2. The molecular formula is C10H17NO. The lowest BCUT2D eigenvalue weighted by atomic mass is 9.94. The maximum Gasteiger partial charge on any atom is 0.143 e. The standard InChI is InChI=1S/C10H17NO/c1-4-6-7-8-10(5-2,9-12)11-3/h4-5,9,11H,1-2,6-8H2,3H3/t10-/m0/s1. The van der Waals surface area contributed by atoms with Crippen molar-refractivity contribution in [3.05, 3.63) is 25.3 Å². The van der Waals surface area contributed by atoms with Crippen LogP contribution in [-0.4, -0.2) is 18.9 Å². The Morgan fingerprint density at radius 3 is 2.50 bits per heavy atom. The van der Waals surface area contributed by atoms with Crippen LogP contribution in [0.2, 0.25) is 0 Å². The largest absolute Gasteiger partial charge is 0.305 e. The number of likely N-dealkylation sites (N-methyl/N-ethyl adjacent to an activating group) is 1. The van der Waals surface area contributed by atoms with Crippen LogP contribution in [0.3, 0.4) is 0 Å². The Morgan fingerprint density at radius 2 is 2.17 bits per heavy atom. The van der Waals surface area contributed by atoms with Crippen molar-refractivity contribution < 1.29 is 4.79 Å². The quantitative estimate of drug-likeness (QED) is 0.355. The van der Waals surface area contributed by atoms with Gasteiger partial charge in [-0.15, -0.1) is 13.2 Å². The summed E-state index contributed by atoms with van der Waals surface area (Å²) in [5.74, 6) is 0. The average molecular weight is 167 g/mol. The molecule has 0 aliphatic rings. The van der Waals surface area contributed by atoms with Crippen molar-refractivity contribution in [2.24, 2.45) is 0 Å². The van der Waals surface area contributed by atoms with Gasteiger partial charge in [0, 0.05) is 0 Å². The van der Waals surface area contributed by atoms with Crippen LogP contribution in [0.4, 0.5) is 0 Å². The fourth-order valence-electron chi connectivity index (χ4n) is 1.03. The molecule has 0 heterocycles. The van der Waals surface area contributed by atoms with Crippen molar-refractivity contribution in [3.63, 3.8) is 0 Å². The number of carbonyl (C=O) groups excluding carboxylic acids is 1. The minimum Gasteiger partial charge on any atom is -0.305 e. The van der Waals surface area contributed by atoms with Gasteiger partial charge >= 0.3 is 0 Å². The second-order valence-electron chi connectivity index (χ2n) is 2.79. The van der Waals surface area contributed by atoms with Crippen LogP contribution in [0.25, 0.3) is 0 Å². The Hall–Kier alpha value is -0.890. The molecule has 1 atom stereocenters. The van der Waals surface area contributed by atoms with Gasteiger partial charge in [0.25, 0.3) is 0 Å². The van der Waals surface area contributed by atoms with E-state index in [2.05, 4.69) is 18.5 Å². The fourth-order valence-corrected chi connectivity index (χ4v) is 1.03. The molecule has 0 aliphatic heterocycles. The van der Waals surface area contributed by atoms with E-state index in [0.29, 0.717) is 0 Å². The van der Waals surface area contributed by atoms with Crippen LogP contribution >= 0.6 is 0 Å². The second kappa shape index (κ2) is 5.72. The third-order valence-electron chi connectivity index (χ3n) is 2.04. The number of rotatable bonds is 7. The zero-order valence-corrected chi connectivity index (χ0v) is 7.68. The van der Waals surface area contributed by atoms with Gasteiger partial charge < -0.3 is 10.1 Å². The summed E-state index contributed by atoms with van der Waals surface area (Å²) in [5.41, 5.74) is -0.539. The molecular weight excluding hydrogens is 150 g/mol. The summed E-state index contributed by atoms with van der Waals surface area (Å²) < 4.78 is 0. The zero-order valence-electron chi connectivity index (χ0n) is 7.68. The van der Waals surface area contributed by atoms with Crippen molar-refractivity contribution in [3.8, 4) is 0 Å². The molecule has 0 aromatic carbocycles. The lowest BCUT2D eigenvalue weighted by Gasteiger charge is -2.22. The van der Waals surface area contributed by atoms with Gasteiger partial charge in [0.15, 0.2) is 0 Å². The van der Waals surface area contributed by atoms with Crippen LogP contribution in [0.1, 0.15) is 19.3 Å². The Balaban J connectivity index is 4.01. The third kappa shape index (κ3) is 3.01. The van der Waals surface area contributed by atoms with E-state index in [9.17, 15) is 4.79 Å². The highest BCUT2D eigenvalue weighted by atomic mass is 16.1. The van der Waals surface area contributed by atoms with E-state index in [1.165, 1.54) is 0 Å². The van der Waals surface area contributed by atoms with Crippen molar-refractivity contribution in [1.82, 2.24) is 5.32 Å². The maximum atomic E-state index is 10.7. The highest BCUT2D eigenvalue weighted by Gasteiger charge is 2.21. The van der Waals surface area contributed by atoms with Gasteiger partial charge in [-0.05, 0) is 26.3 Å². The molecule has 0 aliphatic carbocycles. The molecule has 2 heteroatoms. The van der Waals surface area contributed by atoms with E-state index in [-0.39, 0.29) is 0 Å². The van der Waals surface area contributed by atoms with Crippen LogP contribution in [-0.2, 0) is 4.79 Å². The highest BCUT2D eigenvalue weighted by molar-refractivity contribution is 5.67. The maximum absolute atomic E-state index is 10.7. The van der Waals surface area contributed by atoms with Crippen LogP contribution < -0.4 is 5.32 Å². The first-order chi connectivity index (χ1) is 5.74. The van der Waals surface area contributed by atoms with Gasteiger partial charge in [0.05, 0.1) is 5.54 Å². The van der Waals surface area contributed by atoms with E-state index in [0.717, 1.165) is 25.5 Å². The molecule has 0 spiro atoms. The van der Waals surface area contributed by atoms with Crippen LogP contribution in [0.5, 0.6) is 0 Å². The third-order valence-corrected chi connectivity index (χ3v) is 2.04. The molecule has 0 saturated carbocycles. The summed E-state index contributed by atoms with van der Waals surface area (Å²) in [7, 11) is 1.77. The summed E-state index contributed by atoms with van der Waals surface area (Å²) in [6.07, 6.45) is 7.09. The molecule has 0 radical (unpaired) electrons. The monoisotopic (exact) mass is 167 g/mol. The molecule has 0 amide bonds. The molecule has 0 fully saturated rings. The Morgan fingerprint density at radius 1 is 1.50 bits per heavy atom. The summed E-state index contributed by atoms with van der Waals surface area (Å²) in [5, 5.41) is 2.95. The molecule has 0 rings (SSSR count). The number of carbonyl (C=O) groups is 1. The first kappa shape index (κ1) is 11.1. The van der Waals surface area contributed by atoms with E-state index in [1.807, 2.05) is 6.08 Å². The van der Waals surface area contributed by atoms with Crippen LogP contribution in [0.15, 0.2) is 25.3 Å². The Bertz CT molecular complexity index is 155. The summed E-state index contributed by atoms with van der Waals surface area (Å²) in [6, 6.07) is 0. The molecule has 2 nitrogen and oxygen atoms in total. The number of aldehydes is 1.